The molecule has 5 nitrogen and oxygen atoms in total. The van der Waals surface area contributed by atoms with Crippen molar-refractivity contribution >= 4 is 9.84 Å². The maximum atomic E-state index is 13.3. The summed E-state index contributed by atoms with van der Waals surface area (Å²) in [6, 6.07) is 19.2. The van der Waals surface area contributed by atoms with E-state index in [4.69, 9.17) is 4.84 Å². The number of piperidine rings is 1. The minimum absolute atomic E-state index is 0.0342. The SMILES string of the molecule is C=C/C=C\C=C\C1(CCS(=O)(=O)c2ccccc2)C(NOC)CCC(C)N1Cc1ccccc1. The van der Waals surface area contributed by atoms with E-state index in [1.807, 2.05) is 42.5 Å². The van der Waals surface area contributed by atoms with Crippen LogP contribution < -0.4 is 5.48 Å². The van der Waals surface area contributed by atoms with Crippen molar-refractivity contribution in [2.24, 2.45) is 0 Å². The molecule has 1 N–H and O–H groups in total. The van der Waals surface area contributed by atoms with Crippen molar-refractivity contribution in [3.8, 4) is 0 Å². The highest BCUT2D eigenvalue weighted by Crippen LogP contribution is 2.39. The lowest BCUT2D eigenvalue weighted by Crippen LogP contribution is -2.65. The van der Waals surface area contributed by atoms with E-state index in [1.165, 1.54) is 5.56 Å². The summed E-state index contributed by atoms with van der Waals surface area (Å²) in [6.45, 7) is 6.68. The number of benzene rings is 2. The molecule has 0 amide bonds. The van der Waals surface area contributed by atoms with Gasteiger partial charge < -0.3 is 4.84 Å². The highest BCUT2D eigenvalue weighted by Gasteiger charge is 2.47. The van der Waals surface area contributed by atoms with Gasteiger partial charge in [0.1, 0.15) is 0 Å². The second kappa shape index (κ2) is 12.3. The first-order valence-electron chi connectivity index (χ1n) is 11.8. The zero-order valence-corrected chi connectivity index (χ0v) is 21.0. The van der Waals surface area contributed by atoms with Gasteiger partial charge >= 0.3 is 0 Å². The maximum absolute atomic E-state index is 13.3. The van der Waals surface area contributed by atoms with Crippen LogP contribution in [0.5, 0.6) is 0 Å². The molecule has 3 rings (SSSR count). The summed E-state index contributed by atoms with van der Waals surface area (Å²) in [5.74, 6) is 0.0342. The van der Waals surface area contributed by atoms with Gasteiger partial charge in [0, 0.05) is 12.6 Å². The summed E-state index contributed by atoms with van der Waals surface area (Å²) in [4.78, 5) is 8.21. The third-order valence-corrected chi connectivity index (χ3v) is 8.35. The molecule has 2 aromatic rings. The molecule has 0 spiro atoms. The van der Waals surface area contributed by atoms with Crippen LogP contribution in [-0.2, 0) is 21.2 Å². The number of hydroxylamine groups is 1. The van der Waals surface area contributed by atoms with Gasteiger partial charge in [0.15, 0.2) is 9.84 Å². The second-order valence-corrected chi connectivity index (χ2v) is 10.9. The average molecular weight is 481 g/mol. The number of hydrogen-bond donors (Lipinski definition) is 1. The number of likely N-dealkylation sites (tertiary alicyclic amines) is 1. The fourth-order valence-electron chi connectivity index (χ4n) is 4.83. The fraction of sp³-hybridized carbons (Fsp3) is 0.357. The van der Waals surface area contributed by atoms with Crippen molar-refractivity contribution in [1.29, 1.82) is 0 Å². The summed E-state index contributed by atoms with van der Waals surface area (Å²) in [6.07, 6.45) is 12.0. The zero-order chi connectivity index (χ0) is 24.4. The van der Waals surface area contributed by atoms with Crippen LogP contribution in [-0.4, -0.2) is 43.8 Å². The van der Waals surface area contributed by atoms with Gasteiger partial charge in [-0.3, -0.25) is 4.90 Å². The lowest BCUT2D eigenvalue weighted by molar-refractivity contribution is -0.0558. The molecule has 3 unspecified atom stereocenters. The molecule has 3 atom stereocenters. The molecule has 1 aliphatic rings. The molecule has 182 valence electrons. The number of sulfone groups is 1. The average Bonchev–Trinajstić information content (AvgIpc) is 2.86. The van der Waals surface area contributed by atoms with Crippen LogP contribution in [0.1, 0.15) is 31.7 Å². The first-order chi connectivity index (χ1) is 16.4. The standard InChI is InChI=1S/C28H36N2O3S/c1-4-5-6-13-20-28(21-22-34(31,32)26-16-11-8-12-17-26)27(29-33-3)19-18-24(2)30(28)23-25-14-9-7-10-15-25/h4-17,20,24,27,29H,1,18-19,21-23H2,2-3H3/b6-5-,20-13+. The van der Waals surface area contributed by atoms with Crippen molar-refractivity contribution in [3.05, 3.63) is 103 Å². The van der Waals surface area contributed by atoms with Gasteiger partial charge in [-0.05, 0) is 43.9 Å². The normalized spacial score (nSPS) is 24.1. The molecule has 1 aliphatic heterocycles. The molecule has 0 aliphatic carbocycles. The van der Waals surface area contributed by atoms with Crippen molar-refractivity contribution in [1.82, 2.24) is 10.4 Å². The molecule has 34 heavy (non-hydrogen) atoms. The molecule has 1 saturated heterocycles. The first-order valence-corrected chi connectivity index (χ1v) is 13.4. The zero-order valence-electron chi connectivity index (χ0n) is 20.1. The van der Waals surface area contributed by atoms with Gasteiger partial charge in [0.05, 0.1) is 29.3 Å². The molecule has 0 saturated carbocycles. The molecule has 0 radical (unpaired) electrons. The minimum Gasteiger partial charge on any atom is -0.305 e. The Kier molecular flexibility index (Phi) is 9.42. The Bertz CT molecular complexity index is 1070. The number of allylic oxidation sites excluding steroid dienone is 4. The second-order valence-electron chi connectivity index (χ2n) is 8.77. The Morgan fingerprint density at radius 2 is 1.74 bits per heavy atom. The third-order valence-electron chi connectivity index (χ3n) is 6.62. The summed E-state index contributed by atoms with van der Waals surface area (Å²) in [5, 5.41) is 0. The molecule has 0 bridgehead atoms. The summed E-state index contributed by atoms with van der Waals surface area (Å²) in [7, 11) is -1.83. The lowest BCUT2D eigenvalue weighted by atomic mass is 9.76. The fourth-order valence-corrected chi connectivity index (χ4v) is 6.24. The van der Waals surface area contributed by atoms with Gasteiger partial charge in [-0.25, -0.2) is 8.42 Å². The number of nitrogens with zero attached hydrogens (tertiary/aromatic N) is 1. The van der Waals surface area contributed by atoms with E-state index in [1.54, 1.807) is 37.5 Å². The number of rotatable bonds is 11. The van der Waals surface area contributed by atoms with Crippen LogP contribution in [0.15, 0.2) is 103 Å². The van der Waals surface area contributed by atoms with Crippen LogP contribution in [0.25, 0.3) is 0 Å². The van der Waals surface area contributed by atoms with Gasteiger partial charge in [0.25, 0.3) is 0 Å². The Labute approximate surface area is 204 Å². The summed E-state index contributed by atoms with van der Waals surface area (Å²) < 4.78 is 26.6. The lowest BCUT2D eigenvalue weighted by Gasteiger charge is -2.54. The van der Waals surface area contributed by atoms with E-state index in [-0.39, 0.29) is 17.8 Å². The summed E-state index contributed by atoms with van der Waals surface area (Å²) in [5.41, 5.74) is 3.82. The Morgan fingerprint density at radius 3 is 2.38 bits per heavy atom. The molecule has 1 fully saturated rings. The molecular formula is C28H36N2O3S. The largest absolute Gasteiger partial charge is 0.305 e. The van der Waals surface area contributed by atoms with Crippen molar-refractivity contribution in [2.75, 3.05) is 12.9 Å². The molecule has 0 aromatic heterocycles. The molecule has 6 heteroatoms. The highest BCUT2D eigenvalue weighted by atomic mass is 32.2. The topological polar surface area (TPSA) is 58.6 Å². The van der Waals surface area contributed by atoms with E-state index in [9.17, 15) is 8.42 Å². The summed E-state index contributed by atoms with van der Waals surface area (Å²) >= 11 is 0. The van der Waals surface area contributed by atoms with Crippen LogP contribution in [0.4, 0.5) is 0 Å². The maximum Gasteiger partial charge on any atom is 0.178 e. The van der Waals surface area contributed by atoms with Crippen molar-refractivity contribution in [2.45, 2.75) is 55.2 Å². The van der Waals surface area contributed by atoms with E-state index < -0.39 is 15.4 Å². The van der Waals surface area contributed by atoms with E-state index in [0.717, 1.165) is 12.8 Å². The first kappa shape index (κ1) is 26.1. The third kappa shape index (κ3) is 6.33. The highest BCUT2D eigenvalue weighted by molar-refractivity contribution is 7.91. The predicted octanol–water partition coefficient (Wildman–Crippen LogP) is 5.09. The van der Waals surface area contributed by atoms with Crippen molar-refractivity contribution < 1.29 is 13.3 Å². The quantitative estimate of drug-likeness (QED) is 0.359. The van der Waals surface area contributed by atoms with Crippen LogP contribution in [0.2, 0.25) is 0 Å². The van der Waals surface area contributed by atoms with Crippen LogP contribution in [0, 0.1) is 0 Å². The van der Waals surface area contributed by atoms with Gasteiger partial charge in [0.2, 0.25) is 0 Å². The minimum atomic E-state index is -3.45. The smallest absolute Gasteiger partial charge is 0.178 e. The van der Waals surface area contributed by atoms with Gasteiger partial charge in [-0.1, -0.05) is 85.5 Å². The number of hydrogen-bond acceptors (Lipinski definition) is 5. The van der Waals surface area contributed by atoms with E-state index >= 15 is 0 Å². The Morgan fingerprint density at radius 1 is 1.06 bits per heavy atom. The molecule has 1 heterocycles. The molecule has 2 aromatic carbocycles. The van der Waals surface area contributed by atoms with Gasteiger partial charge in [-0.15, -0.1) is 0 Å². The van der Waals surface area contributed by atoms with Gasteiger partial charge in [-0.2, -0.15) is 5.48 Å². The van der Waals surface area contributed by atoms with E-state index in [2.05, 4.69) is 42.1 Å². The number of nitrogens with one attached hydrogen (secondary N) is 1. The Hall–Kier alpha value is -2.51. The Balaban J connectivity index is 2.04. The van der Waals surface area contributed by atoms with E-state index in [0.29, 0.717) is 17.9 Å². The predicted molar refractivity (Wildman–Crippen MR) is 139 cm³/mol. The molecular weight excluding hydrogens is 444 g/mol. The van der Waals surface area contributed by atoms with Crippen molar-refractivity contribution in [3.63, 3.8) is 0 Å². The van der Waals surface area contributed by atoms with Crippen LogP contribution >= 0.6 is 0 Å². The van der Waals surface area contributed by atoms with Crippen LogP contribution in [0.3, 0.4) is 0 Å². The monoisotopic (exact) mass is 480 g/mol.